The first kappa shape index (κ1) is 24.9. The van der Waals surface area contributed by atoms with Crippen molar-refractivity contribution in [2.75, 3.05) is 25.9 Å². The number of methoxy groups -OCH3 is 1. The van der Waals surface area contributed by atoms with Crippen molar-refractivity contribution in [2.45, 2.75) is 25.4 Å². The highest BCUT2D eigenvalue weighted by atomic mass is 19.1. The van der Waals surface area contributed by atoms with E-state index in [-0.39, 0.29) is 29.7 Å². The molecule has 4 aromatic rings. The molecule has 12 heteroatoms. The number of amides is 2. The fourth-order valence-electron chi connectivity index (χ4n) is 4.74. The van der Waals surface area contributed by atoms with E-state index in [1.54, 1.807) is 4.68 Å². The Kier molecular flexibility index (Phi) is 6.77. The summed E-state index contributed by atoms with van der Waals surface area (Å²) in [4.78, 5) is 34.2. The summed E-state index contributed by atoms with van der Waals surface area (Å²) in [5.41, 5.74) is 8.94. The molecule has 196 valence electrons. The van der Waals surface area contributed by atoms with Gasteiger partial charge in [0.1, 0.15) is 29.4 Å². The summed E-state index contributed by atoms with van der Waals surface area (Å²) in [6, 6.07) is 11.0. The maximum Gasteiger partial charge on any atom is 0.407 e. The predicted octanol–water partition coefficient (Wildman–Crippen LogP) is 3.47. The number of anilines is 1. The van der Waals surface area contributed by atoms with Gasteiger partial charge in [0.15, 0.2) is 5.65 Å². The van der Waals surface area contributed by atoms with E-state index in [0.717, 1.165) is 23.6 Å². The lowest BCUT2D eigenvalue weighted by Crippen LogP contribution is -2.40. The van der Waals surface area contributed by atoms with Gasteiger partial charge in [-0.15, -0.1) is 0 Å². The third-order valence-corrected chi connectivity index (χ3v) is 6.59. The average Bonchev–Trinajstić information content (AvgIpc) is 3.33. The van der Waals surface area contributed by atoms with Gasteiger partial charge in [0.25, 0.3) is 5.91 Å². The standard InChI is InChI=1S/C26H26FN7O4/c1-38-20-8-7-17(27)11-19(20)25(35)29-12-15-4-2-5-16(10-15)22-21-23(28)30-14-31-24(21)34(32-22)18-6-3-9-33(13-18)26(36)37/h2,4-5,7-8,10-11,14,18H,3,6,9,12-13H2,1H3,(H,29,35)(H,36,37)(H2,28,30,31)/t18-/m1/s1. The summed E-state index contributed by atoms with van der Waals surface area (Å²) in [6.07, 6.45) is 1.86. The second kappa shape index (κ2) is 10.3. The van der Waals surface area contributed by atoms with Crippen LogP contribution in [-0.4, -0.2) is 62.0 Å². The number of fused-ring (bicyclic) bond motifs is 1. The molecule has 1 saturated heterocycles. The Morgan fingerprint density at radius 1 is 1.24 bits per heavy atom. The van der Waals surface area contributed by atoms with Crippen LogP contribution >= 0.6 is 0 Å². The number of halogens is 1. The molecule has 2 amide bonds. The summed E-state index contributed by atoms with van der Waals surface area (Å²) < 4.78 is 20.6. The fraction of sp³-hybridized carbons (Fsp3) is 0.269. The maximum atomic E-state index is 13.7. The van der Waals surface area contributed by atoms with Crippen molar-refractivity contribution < 1.29 is 23.8 Å². The molecule has 38 heavy (non-hydrogen) atoms. The number of nitrogens with one attached hydrogen (secondary N) is 1. The van der Waals surface area contributed by atoms with Crippen LogP contribution in [0, 0.1) is 5.82 Å². The molecule has 4 N–H and O–H groups in total. The number of carbonyl (C=O) groups excluding carboxylic acids is 1. The maximum absolute atomic E-state index is 13.7. The van der Waals surface area contributed by atoms with Gasteiger partial charge in [0.05, 0.1) is 24.1 Å². The SMILES string of the molecule is COc1ccc(F)cc1C(=O)NCc1cccc(-c2nn([C@@H]3CCCN(C(=O)O)C3)c3ncnc(N)c23)c1. The van der Waals surface area contributed by atoms with Gasteiger partial charge in [-0.1, -0.05) is 18.2 Å². The van der Waals surface area contributed by atoms with E-state index in [0.29, 0.717) is 36.2 Å². The minimum atomic E-state index is -0.967. The van der Waals surface area contributed by atoms with Gasteiger partial charge >= 0.3 is 6.09 Å². The number of aromatic nitrogens is 4. The monoisotopic (exact) mass is 519 g/mol. The molecule has 11 nitrogen and oxygen atoms in total. The molecule has 0 aliphatic carbocycles. The van der Waals surface area contributed by atoms with E-state index >= 15 is 0 Å². The van der Waals surface area contributed by atoms with E-state index in [2.05, 4.69) is 15.3 Å². The number of rotatable bonds is 6. The Labute approximate surface area is 217 Å². The molecule has 2 aromatic carbocycles. The number of ether oxygens (including phenoxy) is 1. The quantitative estimate of drug-likeness (QED) is 0.351. The summed E-state index contributed by atoms with van der Waals surface area (Å²) >= 11 is 0. The summed E-state index contributed by atoms with van der Waals surface area (Å²) in [5, 5.41) is 17.7. The number of piperidine rings is 1. The summed E-state index contributed by atoms with van der Waals surface area (Å²) in [5.74, 6) is -0.475. The Morgan fingerprint density at radius 2 is 2.08 bits per heavy atom. The molecule has 3 heterocycles. The van der Waals surface area contributed by atoms with Crippen molar-refractivity contribution in [1.82, 2.24) is 30.0 Å². The van der Waals surface area contributed by atoms with Crippen LogP contribution in [0.25, 0.3) is 22.3 Å². The Balaban J connectivity index is 1.44. The molecule has 0 spiro atoms. The van der Waals surface area contributed by atoms with Crippen molar-refractivity contribution in [1.29, 1.82) is 0 Å². The largest absolute Gasteiger partial charge is 0.496 e. The smallest absolute Gasteiger partial charge is 0.407 e. The van der Waals surface area contributed by atoms with Gasteiger partial charge in [-0.2, -0.15) is 5.10 Å². The fourth-order valence-corrected chi connectivity index (χ4v) is 4.74. The van der Waals surface area contributed by atoms with Gasteiger partial charge in [0.2, 0.25) is 0 Å². The van der Waals surface area contributed by atoms with Crippen molar-refractivity contribution in [3.05, 3.63) is 65.7 Å². The summed E-state index contributed by atoms with van der Waals surface area (Å²) in [6.45, 7) is 0.947. The molecule has 0 bridgehead atoms. The molecule has 0 saturated carbocycles. The Bertz CT molecular complexity index is 1520. The molecule has 1 aliphatic heterocycles. The number of benzene rings is 2. The predicted molar refractivity (Wildman–Crippen MR) is 137 cm³/mol. The molecule has 1 fully saturated rings. The Morgan fingerprint density at radius 3 is 2.87 bits per heavy atom. The normalized spacial score (nSPS) is 15.4. The number of hydrogen-bond donors (Lipinski definition) is 3. The number of nitrogen functional groups attached to an aromatic ring is 1. The third-order valence-electron chi connectivity index (χ3n) is 6.59. The number of nitrogens with zero attached hydrogens (tertiary/aromatic N) is 5. The number of carbonyl (C=O) groups is 2. The van der Waals surface area contributed by atoms with Gasteiger partial charge < -0.3 is 25.8 Å². The van der Waals surface area contributed by atoms with Crippen LogP contribution in [0.5, 0.6) is 5.75 Å². The molecular formula is C26H26FN7O4. The lowest BCUT2D eigenvalue weighted by molar-refractivity contribution is 0.0947. The van der Waals surface area contributed by atoms with E-state index in [4.69, 9.17) is 15.6 Å². The molecule has 0 unspecified atom stereocenters. The zero-order valence-electron chi connectivity index (χ0n) is 20.6. The van der Waals surface area contributed by atoms with Crippen LogP contribution in [0.2, 0.25) is 0 Å². The van der Waals surface area contributed by atoms with Gasteiger partial charge in [-0.05, 0) is 42.7 Å². The highest BCUT2D eigenvalue weighted by Gasteiger charge is 2.28. The Hall–Kier alpha value is -4.74. The average molecular weight is 520 g/mol. The van der Waals surface area contributed by atoms with E-state index in [1.165, 1.54) is 30.5 Å². The van der Waals surface area contributed by atoms with E-state index < -0.39 is 17.8 Å². The zero-order chi connectivity index (χ0) is 26.8. The first-order valence-electron chi connectivity index (χ1n) is 12.0. The second-order valence-electron chi connectivity index (χ2n) is 9.00. The highest BCUT2D eigenvalue weighted by molar-refractivity contribution is 5.98. The second-order valence-corrected chi connectivity index (χ2v) is 9.00. The van der Waals surface area contributed by atoms with Crippen molar-refractivity contribution in [3.63, 3.8) is 0 Å². The topological polar surface area (TPSA) is 148 Å². The van der Waals surface area contributed by atoms with Crippen molar-refractivity contribution >= 4 is 28.9 Å². The van der Waals surface area contributed by atoms with Gasteiger partial charge in [-0.25, -0.2) is 23.8 Å². The molecular weight excluding hydrogens is 493 g/mol. The highest BCUT2D eigenvalue weighted by Crippen LogP contribution is 2.34. The van der Waals surface area contributed by atoms with Crippen LogP contribution in [0.1, 0.15) is 34.8 Å². The molecule has 2 aromatic heterocycles. The number of hydrogen-bond acceptors (Lipinski definition) is 7. The lowest BCUT2D eigenvalue weighted by atomic mass is 10.1. The van der Waals surface area contributed by atoms with Gasteiger partial charge in [0, 0.05) is 25.2 Å². The van der Waals surface area contributed by atoms with Crippen LogP contribution < -0.4 is 15.8 Å². The zero-order valence-corrected chi connectivity index (χ0v) is 20.6. The van der Waals surface area contributed by atoms with Crippen molar-refractivity contribution in [2.24, 2.45) is 0 Å². The first-order chi connectivity index (χ1) is 18.4. The molecule has 5 rings (SSSR count). The number of likely N-dealkylation sites (tertiary alicyclic amines) is 1. The number of carboxylic acid groups (broad SMARTS) is 1. The van der Waals surface area contributed by atoms with E-state index in [9.17, 15) is 19.1 Å². The minimum Gasteiger partial charge on any atom is -0.496 e. The third kappa shape index (κ3) is 4.80. The van der Waals surface area contributed by atoms with Crippen LogP contribution in [0.4, 0.5) is 15.0 Å². The first-order valence-corrected chi connectivity index (χ1v) is 12.0. The van der Waals surface area contributed by atoms with Crippen molar-refractivity contribution in [3.8, 4) is 17.0 Å². The molecule has 1 atom stereocenters. The lowest BCUT2D eigenvalue weighted by Gasteiger charge is -2.30. The summed E-state index contributed by atoms with van der Waals surface area (Å²) in [7, 11) is 1.42. The van der Waals surface area contributed by atoms with Crippen LogP contribution in [0.15, 0.2) is 48.8 Å². The van der Waals surface area contributed by atoms with Gasteiger partial charge in [-0.3, -0.25) is 4.79 Å². The van der Waals surface area contributed by atoms with Crippen LogP contribution in [-0.2, 0) is 6.54 Å². The minimum absolute atomic E-state index is 0.0983. The number of nitrogens with two attached hydrogens (primary N) is 1. The van der Waals surface area contributed by atoms with E-state index in [1.807, 2.05) is 24.3 Å². The molecule has 1 aliphatic rings. The van der Waals surface area contributed by atoms with Crippen LogP contribution in [0.3, 0.4) is 0 Å². The molecule has 0 radical (unpaired) electrons.